The van der Waals surface area contributed by atoms with Gasteiger partial charge in [0.15, 0.2) is 11.5 Å². The summed E-state index contributed by atoms with van der Waals surface area (Å²) in [5.41, 5.74) is 3.75. The molecule has 10 heteroatoms. The van der Waals surface area contributed by atoms with E-state index in [0.29, 0.717) is 35.3 Å². The molecule has 2 aromatic carbocycles. The van der Waals surface area contributed by atoms with E-state index in [0.717, 1.165) is 29.1 Å². The highest BCUT2D eigenvalue weighted by molar-refractivity contribution is 7.13. The van der Waals surface area contributed by atoms with Crippen LogP contribution < -0.4 is 20.1 Å². The van der Waals surface area contributed by atoms with E-state index in [9.17, 15) is 9.59 Å². The third-order valence-electron chi connectivity index (χ3n) is 6.15. The number of aryl methyl sites for hydroxylation is 2. The number of nitrogens with zero attached hydrogens (tertiary/aromatic N) is 3. The Bertz CT molecular complexity index is 1240. The van der Waals surface area contributed by atoms with E-state index in [1.165, 1.54) is 16.9 Å². The number of aromatic nitrogens is 2. The van der Waals surface area contributed by atoms with Crippen LogP contribution in [0.15, 0.2) is 36.4 Å². The lowest BCUT2D eigenvalue weighted by molar-refractivity contribution is 0.102. The minimum atomic E-state index is -0.312. The largest absolute Gasteiger partial charge is 0.454 e. The number of rotatable bonds is 4. The summed E-state index contributed by atoms with van der Waals surface area (Å²) < 4.78 is 10.6. The van der Waals surface area contributed by atoms with E-state index >= 15 is 0 Å². The van der Waals surface area contributed by atoms with Crippen molar-refractivity contribution in [3.63, 3.8) is 0 Å². The second-order valence-corrected chi connectivity index (χ2v) is 9.47. The van der Waals surface area contributed by atoms with Crippen molar-refractivity contribution in [2.45, 2.75) is 32.6 Å². The van der Waals surface area contributed by atoms with Gasteiger partial charge in [-0.25, -0.2) is 4.79 Å². The smallest absolute Gasteiger partial charge is 0.321 e. The van der Waals surface area contributed by atoms with Gasteiger partial charge in [-0.05, 0) is 62.1 Å². The van der Waals surface area contributed by atoms with Crippen LogP contribution in [-0.2, 0) is 0 Å². The van der Waals surface area contributed by atoms with E-state index in [1.54, 1.807) is 18.2 Å². The Balaban J connectivity index is 1.15. The first-order valence-electron chi connectivity index (χ1n) is 11.1. The summed E-state index contributed by atoms with van der Waals surface area (Å²) in [6, 6.07) is 11.1. The molecule has 3 aromatic rings. The van der Waals surface area contributed by atoms with E-state index in [-0.39, 0.29) is 24.6 Å². The quantitative estimate of drug-likeness (QED) is 0.569. The maximum absolute atomic E-state index is 12.7. The molecule has 5 rings (SSSR count). The molecule has 1 aromatic heterocycles. The van der Waals surface area contributed by atoms with Crippen LogP contribution in [0.3, 0.4) is 0 Å². The van der Waals surface area contributed by atoms with E-state index in [2.05, 4.69) is 20.8 Å². The second-order valence-electron chi connectivity index (χ2n) is 8.46. The number of fused-ring (bicyclic) bond motifs is 1. The van der Waals surface area contributed by atoms with Crippen molar-refractivity contribution in [2.24, 2.45) is 0 Å². The topological polar surface area (TPSA) is 106 Å². The van der Waals surface area contributed by atoms with Gasteiger partial charge >= 0.3 is 6.03 Å². The molecule has 0 saturated carbocycles. The number of likely N-dealkylation sites (tertiary alicyclic amines) is 1. The first-order chi connectivity index (χ1) is 16.5. The summed E-state index contributed by atoms with van der Waals surface area (Å²) >= 11 is 1.30. The van der Waals surface area contributed by atoms with Crippen molar-refractivity contribution in [3.8, 4) is 11.5 Å². The Labute approximate surface area is 201 Å². The lowest BCUT2D eigenvalue weighted by atomic mass is 9.98. The van der Waals surface area contributed by atoms with Gasteiger partial charge in [-0.3, -0.25) is 4.79 Å². The predicted octanol–water partition coefficient (Wildman–Crippen LogP) is 4.55. The predicted molar refractivity (Wildman–Crippen MR) is 129 cm³/mol. The number of carbonyl (C=O) groups excluding carboxylic acids is 2. The fourth-order valence-corrected chi connectivity index (χ4v) is 4.91. The molecule has 2 aliphatic rings. The average molecular weight is 480 g/mol. The van der Waals surface area contributed by atoms with Crippen molar-refractivity contribution < 1.29 is 19.1 Å². The van der Waals surface area contributed by atoms with Crippen LogP contribution in [0.1, 0.15) is 44.7 Å². The van der Waals surface area contributed by atoms with Crippen molar-refractivity contribution in [2.75, 3.05) is 30.5 Å². The van der Waals surface area contributed by atoms with Crippen LogP contribution in [0.5, 0.6) is 11.5 Å². The van der Waals surface area contributed by atoms with Crippen LogP contribution in [0.4, 0.5) is 16.2 Å². The lowest BCUT2D eigenvalue weighted by Crippen LogP contribution is -2.40. The molecule has 2 N–H and O–H groups in total. The number of benzene rings is 2. The van der Waals surface area contributed by atoms with Gasteiger partial charge in [-0.15, -0.1) is 10.2 Å². The molecular formula is C24H25N5O4S. The van der Waals surface area contributed by atoms with Crippen molar-refractivity contribution in [1.82, 2.24) is 15.1 Å². The molecule has 1 fully saturated rings. The number of urea groups is 1. The molecule has 0 aliphatic carbocycles. The highest BCUT2D eigenvalue weighted by Crippen LogP contribution is 2.35. The molecule has 0 atom stereocenters. The van der Waals surface area contributed by atoms with Crippen LogP contribution in [0.25, 0.3) is 0 Å². The molecule has 0 spiro atoms. The van der Waals surface area contributed by atoms with Gasteiger partial charge in [-0.2, -0.15) is 0 Å². The number of anilines is 2. The molecule has 1 saturated heterocycles. The SMILES string of the molecule is Cc1ccc(NC(=O)N2CCC(c3nnc(C(=O)Nc4ccc5c(c4)OCO5)s3)CC2)cc1C. The van der Waals surface area contributed by atoms with Gasteiger partial charge in [0.25, 0.3) is 5.91 Å². The summed E-state index contributed by atoms with van der Waals surface area (Å²) in [6.07, 6.45) is 1.55. The maximum Gasteiger partial charge on any atom is 0.321 e. The Kier molecular flexibility index (Phi) is 6.06. The third kappa shape index (κ3) is 4.67. The first kappa shape index (κ1) is 22.1. The number of piperidine rings is 1. The summed E-state index contributed by atoms with van der Waals surface area (Å²) in [5, 5.41) is 15.3. The number of nitrogens with one attached hydrogen (secondary N) is 2. The van der Waals surface area contributed by atoms with Gasteiger partial charge < -0.3 is 25.0 Å². The van der Waals surface area contributed by atoms with Crippen LogP contribution in [0, 0.1) is 13.8 Å². The summed E-state index contributed by atoms with van der Waals surface area (Å²) in [4.78, 5) is 27.1. The average Bonchev–Trinajstić information content (AvgIpc) is 3.51. The van der Waals surface area contributed by atoms with Gasteiger partial charge in [-0.1, -0.05) is 17.4 Å². The number of ether oxygens (including phenoxy) is 2. The minimum absolute atomic E-state index is 0.0947. The van der Waals surface area contributed by atoms with Gasteiger partial charge in [0.1, 0.15) is 5.01 Å². The standard InChI is InChI=1S/C24H25N5O4S/c1-14-3-4-17(11-15(14)2)26-24(31)29-9-7-16(8-10-29)22-27-28-23(34-22)21(30)25-18-5-6-19-20(12-18)33-13-32-19/h3-6,11-12,16H,7-10,13H2,1-2H3,(H,25,30)(H,26,31). The molecule has 0 radical (unpaired) electrons. The first-order valence-corrected chi connectivity index (χ1v) is 12.0. The zero-order chi connectivity index (χ0) is 23.7. The molecule has 9 nitrogen and oxygen atoms in total. The number of hydrogen-bond acceptors (Lipinski definition) is 7. The zero-order valence-electron chi connectivity index (χ0n) is 19.0. The molecule has 0 unspecified atom stereocenters. The van der Waals surface area contributed by atoms with Crippen LogP contribution >= 0.6 is 11.3 Å². The fraction of sp³-hybridized carbons (Fsp3) is 0.333. The summed E-state index contributed by atoms with van der Waals surface area (Å²) in [6.45, 7) is 5.51. The van der Waals surface area contributed by atoms with Gasteiger partial charge in [0.2, 0.25) is 11.8 Å². The number of carbonyl (C=O) groups is 2. The van der Waals surface area contributed by atoms with Gasteiger partial charge in [0, 0.05) is 36.4 Å². The second kappa shape index (κ2) is 9.30. The summed E-state index contributed by atoms with van der Waals surface area (Å²) in [7, 11) is 0. The van der Waals surface area contributed by atoms with Crippen molar-refractivity contribution in [3.05, 3.63) is 57.5 Å². The number of hydrogen-bond donors (Lipinski definition) is 2. The van der Waals surface area contributed by atoms with Gasteiger partial charge in [0.05, 0.1) is 0 Å². The van der Waals surface area contributed by atoms with Crippen molar-refractivity contribution in [1.29, 1.82) is 0 Å². The highest BCUT2D eigenvalue weighted by Gasteiger charge is 2.27. The number of amides is 3. The Morgan fingerprint density at radius 3 is 2.47 bits per heavy atom. The normalized spacial score (nSPS) is 15.3. The molecule has 3 heterocycles. The minimum Gasteiger partial charge on any atom is -0.454 e. The molecule has 176 valence electrons. The maximum atomic E-state index is 12.7. The van der Waals surface area contributed by atoms with Crippen LogP contribution in [0.2, 0.25) is 0 Å². The lowest BCUT2D eigenvalue weighted by Gasteiger charge is -2.31. The van der Waals surface area contributed by atoms with Crippen LogP contribution in [-0.4, -0.2) is 46.9 Å². The van der Waals surface area contributed by atoms with E-state index in [1.807, 2.05) is 36.9 Å². The highest BCUT2D eigenvalue weighted by atomic mass is 32.1. The molecule has 0 bridgehead atoms. The molecule has 2 aliphatic heterocycles. The molecule has 3 amide bonds. The molecular weight excluding hydrogens is 454 g/mol. The zero-order valence-corrected chi connectivity index (χ0v) is 19.8. The summed E-state index contributed by atoms with van der Waals surface area (Å²) in [5.74, 6) is 1.12. The Hall–Kier alpha value is -3.66. The molecule has 34 heavy (non-hydrogen) atoms. The Morgan fingerprint density at radius 2 is 1.68 bits per heavy atom. The third-order valence-corrected chi connectivity index (χ3v) is 7.24. The van der Waals surface area contributed by atoms with Crippen molar-refractivity contribution >= 4 is 34.6 Å². The Morgan fingerprint density at radius 1 is 0.941 bits per heavy atom. The monoisotopic (exact) mass is 479 g/mol. The fourth-order valence-electron chi connectivity index (χ4n) is 4.00. The van der Waals surface area contributed by atoms with E-state index in [4.69, 9.17) is 9.47 Å². The van der Waals surface area contributed by atoms with E-state index < -0.39 is 0 Å².